The summed E-state index contributed by atoms with van der Waals surface area (Å²) in [6.07, 6.45) is 7.88. The van der Waals surface area contributed by atoms with E-state index in [4.69, 9.17) is 0 Å². The molecule has 8 nitrogen and oxygen atoms in total. The number of benzene rings is 2. The minimum absolute atomic E-state index is 0.0585. The van der Waals surface area contributed by atoms with Crippen LogP contribution in [0.5, 0.6) is 0 Å². The molecule has 0 aliphatic heterocycles. The first-order valence-electron chi connectivity index (χ1n) is 9.20. The molecular formula is C21H23N6O2+. The first kappa shape index (κ1) is 19.9. The third kappa shape index (κ3) is 4.92. The molecule has 3 aromatic rings. The molecule has 0 radical (unpaired) electrons. The van der Waals surface area contributed by atoms with Crippen molar-refractivity contribution in [3.8, 4) is 0 Å². The van der Waals surface area contributed by atoms with Crippen molar-refractivity contribution in [3.63, 3.8) is 0 Å². The molecule has 0 N–H and O–H groups in total. The average molecular weight is 391 g/mol. The second-order valence-electron chi connectivity index (χ2n) is 6.58. The van der Waals surface area contributed by atoms with Crippen LogP contribution in [0.3, 0.4) is 0 Å². The van der Waals surface area contributed by atoms with Gasteiger partial charge in [0, 0.05) is 31.9 Å². The van der Waals surface area contributed by atoms with Crippen LogP contribution in [0.2, 0.25) is 0 Å². The molecule has 0 unspecified atom stereocenters. The maximum Gasteiger partial charge on any atom is 0.307 e. The number of imidazole rings is 1. The van der Waals surface area contributed by atoms with Crippen LogP contribution in [0, 0.1) is 10.1 Å². The Labute approximate surface area is 169 Å². The van der Waals surface area contributed by atoms with Crippen molar-refractivity contribution in [2.24, 2.45) is 10.2 Å². The molecule has 0 aliphatic rings. The second kappa shape index (κ2) is 8.92. The Morgan fingerprint density at radius 2 is 1.69 bits per heavy atom. The molecule has 1 aromatic heterocycles. The Balaban J connectivity index is 1.76. The largest absolute Gasteiger partial charge is 0.378 e. The van der Waals surface area contributed by atoms with Crippen molar-refractivity contribution < 1.29 is 9.60 Å². The van der Waals surface area contributed by atoms with Crippen LogP contribution in [0.1, 0.15) is 23.9 Å². The molecule has 0 saturated carbocycles. The van der Waals surface area contributed by atoms with Crippen molar-refractivity contribution in [2.45, 2.75) is 13.3 Å². The summed E-state index contributed by atoms with van der Waals surface area (Å²) in [7, 11) is 4.01. The van der Waals surface area contributed by atoms with Gasteiger partial charge >= 0.3 is 5.82 Å². The maximum atomic E-state index is 10.7. The van der Waals surface area contributed by atoms with Gasteiger partial charge in [-0.2, -0.15) is 0 Å². The third-order valence-electron chi connectivity index (χ3n) is 4.37. The molecule has 0 amide bonds. The number of nitro groups is 1. The first-order chi connectivity index (χ1) is 14.0. The number of rotatable bonds is 7. The van der Waals surface area contributed by atoms with Crippen molar-refractivity contribution in [3.05, 3.63) is 88.0 Å². The summed E-state index contributed by atoms with van der Waals surface area (Å²) in [4.78, 5) is 12.4. The van der Waals surface area contributed by atoms with Gasteiger partial charge in [-0.05, 0) is 35.4 Å². The van der Waals surface area contributed by atoms with Crippen molar-refractivity contribution >= 4 is 23.8 Å². The van der Waals surface area contributed by atoms with E-state index in [1.165, 1.54) is 12.1 Å². The smallest absolute Gasteiger partial charge is 0.307 e. The first-order valence-corrected chi connectivity index (χ1v) is 9.20. The summed E-state index contributed by atoms with van der Waals surface area (Å²) in [5.74, 6) is 0.907. The lowest BCUT2D eigenvalue weighted by molar-refractivity contribution is -0.685. The zero-order valence-corrected chi connectivity index (χ0v) is 16.6. The minimum atomic E-state index is -0.420. The van der Waals surface area contributed by atoms with Crippen molar-refractivity contribution in [1.82, 2.24) is 4.68 Å². The number of anilines is 1. The highest BCUT2D eigenvalue weighted by Gasteiger charge is 2.14. The lowest BCUT2D eigenvalue weighted by Crippen LogP contribution is -2.31. The van der Waals surface area contributed by atoms with Crippen LogP contribution in [-0.2, 0) is 6.42 Å². The molecule has 0 fully saturated rings. The van der Waals surface area contributed by atoms with Gasteiger partial charge in [0.1, 0.15) is 0 Å². The van der Waals surface area contributed by atoms with Gasteiger partial charge in [0.05, 0.1) is 23.8 Å². The lowest BCUT2D eigenvalue weighted by Gasteiger charge is -2.11. The van der Waals surface area contributed by atoms with Gasteiger partial charge in [-0.15, -0.1) is 9.35 Å². The van der Waals surface area contributed by atoms with Crippen molar-refractivity contribution in [1.29, 1.82) is 0 Å². The Kier molecular flexibility index (Phi) is 6.13. The molecule has 29 heavy (non-hydrogen) atoms. The number of non-ortho nitro benzene ring substituents is 1. The quantitative estimate of drug-likeness (QED) is 0.269. The summed E-state index contributed by atoms with van der Waals surface area (Å²) in [5, 5.41) is 19.7. The predicted molar refractivity (Wildman–Crippen MR) is 114 cm³/mol. The summed E-state index contributed by atoms with van der Waals surface area (Å²) in [6.45, 7) is 2.03. The lowest BCUT2D eigenvalue weighted by atomic mass is 10.2. The minimum Gasteiger partial charge on any atom is -0.378 e. The Morgan fingerprint density at radius 3 is 2.28 bits per heavy atom. The van der Waals surface area contributed by atoms with Crippen LogP contribution in [0.25, 0.3) is 0 Å². The van der Waals surface area contributed by atoms with Crippen molar-refractivity contribution in [2.75, 3.05) is 19.0 Å². The van der Waals surface area contributed by atoms with E-state index < -0.39 is 4.92 Å². The van der Waals surface area contributed by atoms with Gasteiger partial charge in [0.25, 0.3) is 5.69 Å². The van der Waals surface area contributed by atoms with E-state index in [9.17, 15) is 10.1 Å². The molecule has 0 bridgehead atoms. The molecule has 0 spiro atoms. The van der Waals surface area contributed by atoms with E-state index in [0.717, 1.165) is 29.1 Å². The summed E-state index contributed by atoms with van der Waals surface area (Å²) >= 11 is 0. The van der Waals surface area contributed by atoms with Gasteiger partial charge in [-0.3, -0.25) is 10.1 Å². The van der Waals surface area contributed by atoms with E-state index in [-0.39, 0.29) is 5.69 Å². The highest BCUT2D eigenvalue weighted by atomic mass is 16.6. The monoisotopic (exact) mass is 391 g/mol. The molecular weight excluding hydrogens is 368 g/mol. The highest BCUT2D eigenvalue weighted by molar-refractivity contribution is 5.80. The van der Waals surface area contributed by atoms with Crippen LogP contribution in [0.15, 0.2) is 71.1 Å². The normalized spacial score (nSPS) is 11.4. The highest BCUT2D eigenvalue weighted by Crippen LogP contribution is 2.12. The molecule has 148 valence electrons. The second-order valence-corrected chi connectivity index (χ2v) is 6.58. The summed E-state index contributed by atoms with van der Waals surface area (Å²) in [5.41, 5.74) is 2.98. The van der Waals surface area contributed by atoms with Crippen LogP contribution >= 0.6 is 0 Å². The van der Waals surface area contributed by atoms with E-state index >= 15 is 0 Å². The average Bonchev–Trinajstić information content (AvgIpc) is 3.13. The van der Waals surface area contributed by atoms with E-state index in [1.807, 2.05) is 68.8 Å². The van der Waals surface area contributed by atoms with Crippen LogP contribution < -0.4 is 9.58 Å². The van der Waals surface area contributed by atoms with E-state index in [2.05, 4.69) is 10.2 Å². The van der Waals surface area contributed by atoms with Gasteiger partial charge in [0.2, 0.25) is 0 Å². The molecule has 8 heteroatoms. The number of hydrogen-bond donors (Lipinski definition) is 0. The number of nitrogens with zero attached hydrogens (tertiary/aromatic N) is 6. The fourth-order valence-corrected chi connectivity index (χ4v) is 2.74. The number of aromatic nitrogens is 2. The zero-order valence-electron chi connectivity index (χ0n) is 16.6. The van der Waals surface area contributed by atoms with Gasteiger partial charge in [-0.25, -0.2) is 0 Å². The summed E-state index contributed by atoms with van der Waals surface area (Å²) in [6, 6.07) is 14.4. The Morgan fingerprint density at radius 1 is 1.07 bits per heavy atom. The number of hydrogen-bond acceptors (Lipinski definition) is 5. The van der Waals surface area contributed by atoms with Gasteiger partial charge < -0.3 is 4.90 Å². The fraction of sp³-hybridized carbons (Fsp3) is 0.190. The molecule has 0 aliphatic carbocycles. The van der Waals surface area contributed by atoms with Gasteiger partial charge in [0.15, 0.2) is 12.4 Å². The standard InChI is InChI=1S/C21H23N6O2/c1-4-21-25(22-15-17-5-9-19(10-6-17)24(2)3)13-14-26(21)23-16-18-7-11-20(12-8-18)27(28)29/h5-16H,4H2,1-3H3/q+1/b22-15-,23-16-. The SMILES string of the molecule is CCc1n(/N=C\c2ccc(N(C)C)cc2)cc[n+]1/N=C\c1ccc([N+](=O)[O-])cc1. The predicted octanol–water partition coefficient (Wildman–Crippen LogP) is 3.08. The molecule has 0 atom stereocenters. The van der Waals surface area contributed by atoms with E-state index in [0.29, 0.717) is 0 Å². The summed E-state index contributed by atoms with van der Waals surface area (Å²) < 4.78 is 3.53. The molecule has 3 rings (SSSR count). The maximum absolute atomic E-state index is 10.7. The Bertz CT molecular complexity index is 1030. The zero-order chi connectivity index (χ0) is 20.8. The van der Waals surface area contributed by atoms with Gasteiger partial charge in [-0.1, -0.05) is 29.3 Å². The number of nitro benzene ring substituents is 1. The molecule has 1 heterocycles. The Hall–Kier alpha value is -3.81. The van der Waals surface area contributed by atoms with Crippen LogP contribution in [-0.4, -0.2) is 36.1 Å². The fourth-order valence-electron chi connectivity index (χ4n) is 2.74. The molecule has 2 aromatic carbocycles. The van der Waals surface area contributed by atoms with Crippen LogP contribution in [0.4, 0.5) is 11.4 Å². The third-order valence-corrected chi connectivity index (χ3v) is 4.37. The topological polar surface area (TPSA) is 79.9 Å². The molecule has 0 saturated heterocycles. The van der Waals surface area contributed by atoms with E-state index in [1.54, 1.807) is 27.7 Å².